The molecule has 0 unspecified atom stereocenters. The Morgan fingerprint density at radius 1 is 1.33 bits per heavy atom. The SMILES string of the molecule is CCCn1cc(-c2ccc(F)cn2)cn1. The van der Waals surface area contributed by atoms with E-state index in [-0.39, 0.29) is 5.82 Å². The molecule has 0 N–H and O–H groups in total. The Kier molecular flexibility index (Phi) is 2.76. The summed E-state index contributed by atoms with van der Waals surface area (Å²) in [6.07, 6.45) is 5.92. The lowest BCUT2D eigenvalue weighted by atomic mass is 10.2. The Morgan fingerprint density at radius 3 is 2.87 bits per heavy atom. The third kappa shape index (κ3) is 2.21. The fourth-order valence-electron chi connectivity index (χ4n) is 1.39. The van der Waals surface area contributed by atoms with Gasteiger partial charge in [-0.3, -0.25) is 9.67 Å². The number of hydrogen-bond donors (Lipinski definition) is 0. The minimum Gasteiger partial charge on any atom is -0.272 e. The van der Waals surface area contributed by atoms with Crippen molar-refractivity contribution in [3.63, 3.8) is 0 Å². The number of pyridine rings is 1. The molecule has 2 rings (SSSR count). The van der Waals surface area contributed by atoms with Crippen LogP contribution in [0.25, 0.3) is 11.3 Å². The standard InChI is InChI=1S/C11H12FN3/c1-2-5-15-8-9(6-14-15)11-4-3-10(12)7-13-11/h3-4,6-8H,2,5H2,1H3. The molecule has 0 aliphatic heterocycles. The molecule has 0 bridgehead atoms. The van der Waals surface area contributed by atoms with Crippen LogP contribution in [0.1, 0.15) is 13.3 Å². The summed E-state index contributed by atoms with van der Waals surface area (Å²) < 4.78 is 14.5. The first kappa shape index (κ1) is 9.83. The van der Waals surface area contributed by atoms with E-state index in [1.165, 1.54) is 12.3 Å². The minimum atomic E-state index is -0.320. The van der Waals surface area contributed by atoms with Crippen LogP contribution in [0.5, 0.6) is 0 Å². The highest BCUT2D eigenvalue weighted by Gasteiger charge is 2.02. The van der Waals surface area contributed by atoms with Crippen LogP contribution in [0.4, 0.5) is 4.39 Å². The molecule has 0 atom stereocenters. The molecule has 2 aromatic heterocycles. The largest absolute Gasteiger partial charge is 0.272 e. The van der Waals surface area contributed by atoms with Gasteiger partial charge in [-0.15, -0.1) is 0 Å². The molecule has 0 saturated heterocycles. The molecule has 0 amide bonds. The van der Waals surface area contributed by atoms with E-state index in [1.54, 1.807) is 12.3 Å². The molecule has 0 aliphatic rings. The smallest absolute Gasteiger partial charge is 0.141 e. The second kappa shape index (κ2) is 4.21. The number of rotatable bonds is 3. The van der Waals surface area contributed by atoms with Crippen LogP contribution in [0.3, 0.4) is 0 Å². The molecule has 15 heavy (non-hydrogen) atoms. The van der Waals surface area contributed by atoms with E-state index >= 15 is 0 Å². The number of halogens is 1. The second-order valence-electron chi connectivity index (χ2n) is 3.35. The first-order valence-electron chi connectivity index (χ1n) is 4.94. The van der Waals surface area contributed by atoms with Crippen molar-refractivity contribution >= 4 is 0 Å². The van der Waals surface area contributed by atoms with Gasteiger partial charge < -0.3 is 0 Å². The van der Waals surface area contributed by atoms with E-state index in [0.29, 0.717) is 0 Å². The summed E-state index contributed by atoms with van der Waals surface area (Å²) in [4.78, 5) is 3.99. The van der Waals surface area contributed by atoms with E-state index < -0.39 is 0 Å². The Labute approximate surface area is 87.6 Å². The average Bonchev–Trinajstić information content (AvgIpc) is 2.68. The van der Waals surface area contributed by atoms with Crippen molar-refractivity contribution in [2.24, 2.45) is 0 Å². The quantitative estimate of drug-likeness (QED) is 0.770. The van der Waals surface area contributed by atoms with Gasteiger partial charge in [0.2, 0.25) is 0 Å². The molecule has 0 aromatic carbocycles. The van der Waals surface area contributed by atoms with Gasteiger partial charge in [0.25, 0.3) is 0 Å². The Hall–Kier alpha value is -1.71. The van der Waals surface area contributed by atoms with Crippen molar-refractivity contribution < 1.29 is 4.39 Å². The third-order valence-electron chi connectivity index (χ3n) is 2.11. The van der Waals surface area contributed by atoms with Crippen molar-refractivity contribution in [2.75, 3.05) is 0 Å². The molecule has 0 fully saturated rings. The van der Waals surface area contributed by atoms with Gasteiger partial charge in [-0.25, -0.2) is 4.39 Å². The molecule has 0 aliphatic carbocycles. The monoisotopic (exact) mass is 205 g/mol. The summed E-state index contributed by atoms with van der Waals surface area (Å²) in [5.41, 5.74) is 1.67. The maximum Gasteiger partial charge on any atom is 0.141 e. The minimum absolute atomic E-state index is 0.320. The summed E-state index contributed by atoms with van der Waals surface area (Å²) in [5.74, 6) is -0.320. The predicted octanol–water partition coefficient (Wildman–Crippen LogP) is 2.49. The molecule has 78 valence electrons. The van der Waals surface area contributed by atoms with Gasteiger partial charge in [-0.1, -0.05) is 6.92 Å². The zero-order chi connectivity index (χ0) is 10.7. The lowest BCUT2D eigenvalue weighted by Crippen LogP contribution is -1.95. The van der Waals surface area contributed by atoms with Gasteiger partial charge in [-0.2, -0.15) is 5.10 Å². The van der Waals surface area contributed by atoms with E-state index in [2.05, 4.69) is 17.0 Å². The topological polar surface area (TPSA) is 30.7 Å². The lowest BCUT2D eigenvalue weighted by Gasteiger charge is -1.96. The first-order valence-corrected chi connectivity index (χ1v) is 4.94. The Bertz CT molecular complexity index is 433. The molecule has 0 radical (unpaired) electrons. The van der Waals surface area contributed by atoms with Crippen LogP contribution >= 0.6 is 0 Å². The fourth-order valence-corrected chi connectivity index (χ4v) is 1.39. The highest BCUT2D eigenvalue weighted by atomic mass is 19.1. The molecule has 3 nitrogen and oxygen atoms in total. The van der Waals surface area contributed by atoms with Crippen molar-refractivity contribution in [2.45, 2.75) is 19.9 Å². The van der Waals surface area contributed by atoms with Gasteiger partial charge in [0, 0.05) is 18.3 Å². The van der Waals surface area contributed by atoms with Crippen LogP contribution in [0.15, 0.2) is 30.7 Å². The zero-order valence-electron chi connectivity index (χ0n) is 8.52. The average molecular weight is 205 g/mol. The molecule has 0 spiro atoms. The summed E-state index contributed by atoms with van der Waals surface area (Å²) in [6, 6.07) is 3.06. The van der Waals surface area contributed by atoms with Crippen molar-refractivity contribution in [3.05, 3.63) is 36.5 Å². The molecular weight excluding hydrogens is 193 g/mol. The van der Waals surface area contributed by atoms with Crippen LogP contribution in [-0.2, 0) is 6.54 Å². The van der Waals surface area contributed by atoms with Crippen LogP contribution in [0.2, 0.25) is 0 Å². The van der Waals surface area contributed by atoms with Crippen LogP contribution < -0.4 is 0 Å². The number of aryl methyl sites for hydroxylation is 1. The second-order valence-corrected chi connectivity index (χ2v) is 3.35. The molecule has 4 heteroatoms. The van der Waals surface area contributed by atoms with Crippen molar-refractivity contribution in [3.8, 4) is 11.3 Å². The molecule has 2 aromatic rings. The highest BCUT2D eigenvalue weighted by Crippen LogP contribution is 2.15. The van der Waals surface area contributed by atoms with Crippen LogP contribution in [-0.4, -0.2) is 14.8 Å². The third-order valence-corrected chi connectivity index (χ3v) is 2.11. The lowest BCUT2D eigenvalue weighted by molar-refractivity contribution is 0.603. The van der Waals surface area contributed by atoms with Gasteiger partial charge in [0.05, 0.1) is 18.1 Å². The normalized spacial score (nSPS) is 10.5. The van der Waals surface area contributed by atoms with Gasteiger partial charge >= 0.3 is 0 Å². The highest BCUT2D eigenvalue weighted by molar-refractivity contribution is 5.56. The molecule has 0 saturated carbocycles. The number of nitrogens with zero attached hydrogens (tertiary/aromatic N) is 3. The first-order chi connectivity index (χ1) is 7.29. The van der Waals surface area contributed by atoms with E-state index in [1.807, 2.05) is 10.9 Å². The van der Waals surface area contributed by atoms with Crippen molar-refractivity contribution in [1.29, 1.82) is 0 Å². The van der Waals surface area contributed by atoms with Gasteiger partial charge in [-0.05, 0) is 18.6 Å². The number of hydrogen-bond acceptors (Lipinski definition) is 2. The van der Waals surface area contributed by atoms with Crippen LogP contribution in [0, 0.1) is 5.82 Å². The maximum absolute atomic E-state index is 12.6. The fraction of sp³-hybridized carbons (Fsp3) is 0.273. The Balaban J connectivity index is 2.25. The Morgan fingerprint density at radius 2 is 2.20 bits per heavy atom. The van der Waals surface area contributed by atoms with Gasteiger partial charge in [0.15, 0.2) is 0 Å². The van der Waals surface area contributed by atoms with Crippen molar-refractivity contribution in [1.82, 2.24) is 14.8 Å². The summed E-state index contributed by atoms with van der Waals surface area (Å²) in [7, 11) is 0. The van der Waals surface area contributed by atoms with E-state index in [4.69, 9.17) is 0 Å². The van der Waals surface area contributed by atoms with E-state index in [9.17, 15) is 4.39 Å². The van der Waals surface area contributed by atoms with Gasteiger partial charge in [0.1, 0.15) is 5.82 Å². The summed E-state index contributed by atoms with van der Waals surface area (Å²) >= 11 is 0. The molecular formula is C11H12FN3. The molecule has 2 heterocycles. The predicted molar refractivity (Wildman–Crippen MR) is 55.7 cm³/mol. The number of aromatic nitrogens is 3. The zero-order valence-corrected chi connectivity index (χ0v) is 8.52. The summed E-state index contributed by atoms with van der Waals surface area (Å²) in [5, 5.41) is 4.19. The summed E-state index contributed by atoms with van der Waals surface area (Å²) in [6.45, 7) is 2.98. The van der Waals surface area contributed by atoms with E-state index in [0.717, 1.165) is 24.2 Å². The maximum atomic E-state index is 12.6.